The number of nitriles is 1. The monoisotopic (exact) mass is 367 g/mol. The molecule has 0 spiro atoms. The minimum Gasteiger partial charge on any atom is -0.315 e. The van der Waals surface area contributed by atoms with Crippen LogP contribution >= 0.6 is 11.3 Å². The van der Waals surface area contributed by atoms with Gasteiger partial charge < -0.3 is 5.32 Å². The molecular formula is C21H25N3OS. The van der Waals surface area contributed by atoms with Gasteiger partial charge in [0.25, 0.3) is 0 Å². The highest BCUT2D eigenvalue weighted by Gasteiger charge is 2.24. The average molecular weight is 368 g/mol. The summed E-state index contributed by atoms with van der Waals surface area (Å²) in [5, 5.41) is 13.3. The molecule has 136 valence electrons. The molecule has 0 fully saturated rings. The molecule has 0 aliphatic heterocycles. The fraction of sp³-hybridized carbons (Fsp3) is 0.429. The molecule has 0 saturated carbocycles. The molecule has 2 aromatic rings. The summed E-state index contributed by atoms with van der Waals surface area (Å²) in [7, 11) is 0. The van der Waals surface area contributed by atoms with E-state index in [-0.39, 0.29) is 5.91 Å². The zero-order valence-corrected chi connectivity index (χ0v) is 16.2. The third-order valence-electron chi connectivity index (χ3n) is 4.94. The lowest BCUT2D eigenvalue weighted by molar-refractivity contribution is -0.117. The largest absolute Gasteiger partial charge is 0.315 e. The van der Waals surface area contributed by atoms with Gasteiger partial charge in [0.2, 0.25) is 5.91 Å². The van der Waals surface area contributed by atoms with E-state index in [1.165, 1.54) is 10.4 Å². The second kappa shape index (κ2) is 8.48. The van der Waals surface area contributed by atoms with Gasteiger partial charge in [-0.2, -0.15) is 5.26 Å². The van der Waals surface area contributed by atoms with Crippen molar-refractivity contribution >= 4 is 22.2 Å². The average Bonchev–Trinajstić information content (AvgIpc) is 2.97. The first-order valence-electron chi connectivity index (χ1n) is 9.21. The molecule has 0 bridgehead atoms. The Hall–Kier alpha value is -2.16. The van der Waals surface area contributed by atoms with Crippen LogP contribution in [-0.4, -0.2) is 23.9 Å². The van der Waals surface area contributed by atoms with Gasteiger partial charge in [-0.15, -0.1) is 11.3 Å². The van der Waals surface area contributed by atoms with E-state index >= 15 is 0 Å². The van der Waals surface area contributed by atoms with Crippen molar-refractivity contribution in [2.75, 3.05) is 18.4 Å². The maximum Gasteiger partial charge on any atom is 0.239 e. The van der Waals surface area contributed by atoms with Crippen LogP contribution < -0.4 is 5.32 Å². The van der Waals surface area contributed by atoms with Crippen LogP contribution in [0.5, 0.6) is 0 Å². The van der Waals surface area contributed by atoms with Crippen LogP contribution in [0.25, 0.3) is 0 Å². The maximum absolute atomic E-state index is 12.6. The summed E-state index contributed by atoms with van der Waals surface area (Å²) in [5.41, 5.74) is 3.03. The zero-order chi connectivity index (χ0) is 18.5. The lowest BCUT2D eigenvalue weighted by Crippen LogP contribution is -2.32. The highest BCUT2D eigenvalue weighted by atomic mass is 32.1. The van der Waals surface area contributed by atoms with Gasteiger partial charge in [0, 0.05) is 11.4 Å². The lowest BCUT2D eigenvalue weighted by Gasteiger charge is -2.19. The van der Waals surface area contributed by atoms with Crippen molar-refractivity contribution in [3.63, 3.8) is 0 Å². The van der Waals surface area contributed by atoms with E-state index in [1.807, 2.05) is 18.2 Å². The number of nitrogens with zero attached hydrogens (tertiary/aromatic N) is 2. The van der Waals surface area contributed by atoms with Gasteiger partial charge in [-0.3, -0.25) is 9.69 Å². The Morgan fingerprint density at radius 2 is 2.15 bits per heavy atom. The fourth-order valence-corrected chi connectivity index (χ4v) is 4.82. The molecule has 1 aliphatic rings. The molecular weight excluding hydrogens is 342 g/mol. The van der Waals surface area contributed by atoms with E-state index in [4.69, 9.17) is 0 Å². The first-order valence-corrected chi connectivity index (χ1v) is 10.0. The predicted molar refractivity (Wildman–Crippen MR) is 106 cm³/mol. The summed E-state index contributed by atoms with van der Waals surface area (Å²) in [6.07, 6.45) is 3.08. The molecule has 1 atom stereocenters. The van der Waals surface area contributed by atoms with Crippen LogP contribution in [0.2, 0.25) is 0 Å². The second-order valence-corrected chi connectivity index (χ2v) is 8.11. The smallest absolute Gasteiger partial charge is 0.239 e. The van der Waals surface area contributed by atoms with Crippen molar-refractivity contribution in [3.05, 3.63) is 51.9 Å². The summed E-state index contributed by atoms with van der Waals surface area (Å²) in [5.74, 6) is 0.601. The van der Waals surface area contributed by atoms with E-state index in [2.05, 4.69) is 42.3 Å². The van der Waals surface area contributed by atoms with E-state index in [9.17, 15) is 10.1 Å². The highest BCUT2D eigenvalue weighted by Crippen LogP contribution is 2.39. The highest BCUT2D eigenvalue weighted by molar-refractivity contribution is 7.16. The van der Waals surface area contributed by atoms with E-state index in [1.54, 1.807) is 11.3 Å². The summed E-state index contributed by atoms with van der Waals surface area (Å²) < 4.78 is 0. The summed E-state index contributed by atoms with van der Waals surface area (Å²) in [6.45, 7) is 6.17. The number of rotatable bonds is 6. The van der Waals surface area contributed by atoms with E-state index < -0.39 is 0 Å². The number of benzene rings is 1. The number of hydrogen-bond acceptors (Lipinski definition) is 4. The molecule has 3 rings (SSSR count). The molecule has 1 heterocycles. The first kappa shape index (κ1) is 18.6. The number of amides is 1. The Bertz CT molecular complexity index is 807. The molecule has 1 aliphatic carbocycles. The SMILES string of the molecule is CCN(CC(=O)Nc1sc2c(c1C#N)CCC(C)C2)Cc1ccccc1. The number of carbonyl (C=O) groups excluding carboxylic acids is 1. The topological polar surface area (TPSA) is 56.1 Å². The van der Waals surface area contributed by atoms with Crippen molar-refractivity contribution in [2.24, 2.45) is 5.92 Å². The van der Waals surface area contributed by atoms with Crippen LogP contribution in [0, 0.1) is 17.2 Å². The quantitative estimate of drug-likeness (QED) is 0.832. The molecule has 1 amide bonds. The number of carbonyl (C=O) groups is 1. The summed E-state index contributed by atoms with van der Waals surface area (Å²) in [4.78, 5) is 15.9. The zero-order valence-electron chi connectivity index (χ0n) is 15.4. The normalized spacial score (nSPS) is 16.2. The number of likely N-dealkylation sites (N-methyl/N-ethyl adjacent to an activating group) is 1. The number of thiophene rings is 1. The van der Waals surface area contributed by atoms with Gasteiger partial charge in [-0.05, 0) is 42.9 Å². The van der Waals surface area contributed by atoms with Gasteiger partial charge in [-0.1, -0.05) is 44.2 Å². The van der Waals surface area contributed by atoms with Gasteiger partial charge in [0.1, 0.15) is 11.1 Å². The molecule has 0 radical (unpaired) electrons. The van der Waals surface area contributed by atoms with Crippen LogP contribution in [0.1, 0.15) is 41.8 Å². The third kappa shape index (κ3) is 4.32. The minimum absolute atomic E-state index is 0.0501. The van der Waals surface area contributed by atoms with Crippen LogP contribution in [0.15, 0.2) is 30.3 Å². The fourth-order valence-electron chi connectivity index (χ4n) is 3.45. The predicted octanol–water partition coefficient (Wildman–Crippen LogP) is 4.21. The van der Waals surface area contributed by atoms with Gasteiger partial charge in [0.15, 0.2) is 0 Å². The van der Waals surface area contributed by atoms with Gasteiger partial charge in [0.05, 0.1) is 12.1 Å². The Kier molecular flexibility index (Phi) is 6.08. The van der Waals surface area contributed by atoms with Crippen molar-refractivity contribution in [2.45, 2.75) is 39.7 Å². The van der Waals surface area contributed by atoms with Crippen molar-refractivity contribution < 1.29 is 4.79 Å². The number of anilines is 1. The maximum atomic E-state index is 12.6. The number of hydrogen-bond donors (Lipinski definition) is 1. The Morgan fingerprint density at radius 3 is 2.85 bits per heavy atom. The van der Waals surface area contributed by atoms with Crippen molar-refractivity contribution in [1.82, 2.24) is 4.90 Å². The molecule has 5 heteroatoms. The molecule has 4 nitrogen and oxygen atoms in total. The number of nitrogens with one attached hydrogen (secondary N) is 1. The van der Waals surface area contributed by atoms with Crippen LogP contribution in [0.3, 0.4) is 0 Å². The number of fused-ring (bicyclic) bond motifs is 1. The third-order valence-corrected chi connectivity index (χ3v) is 6.11. The molecule has 0 saturated heterocycles. The van der Waals surface area contributed by atoms with Gasteiger partial charge in [-0.25, -0.2) is 0 Å². The van der Waals surface area contributed by atoms with Crippen LogP contribution in [-0.2, 0) is 24.2 Å². The minimum atomic E-state index is -0.0501. The molecule has 26 heavy (non-hydrogen) atoms. The molecule has 1 N–H and O–H groups in total. The second-order valence-electron chi connectivity index (χ2n) is 7.00. The first-order chi connectivity index (χ1) is 12.6. The Morgan fingerprint density at radius 1 is 1.38 bits per heavy atom. The molecule has 1 unspecified atom stereocenters. The van der Waals surface area contributed by atoms with E-state index in [0.29, 0.717) is 18.0 Å². The molecule has 1 aromatic carbocycles. The standard InChI is InChI=1S/C21H25N3OS/c1-3-24(13-16-7-5-4-6-8-16)14-20(25)23-21-18(12-22)17-10-9-15(2)11-19(17)26-21/h4-8,15H,3,9-11,13-14H2,1-2H3,(H,23,25). The van der Waals surface area contributed by atoms with E-state index in [0.717, 1.165) is 42.9 Å². The van der Waals surface area contributed by atoms with Crippen molar-refractivity contribution in [3.8, 4) is 6.07 Å². The lowest BCUT2D eigenvalue weighted by atomic mass is 9.89. The van der Waals surface area contributed by atoms with Crippen molar-refractivity contribution in [1.29, 1.82) is 5.26 Å². The van der Waals surface area contributed by atoms with Gasteiger partial charge >= 0.3 is 0 Å². The van der Waals surface area contributed by atoms with Crippen LogP contribution in [0.4, 0.5) is 5.00 Å². The molecule has 1 aromatic heterocycles. The Labute approximate surface area is 159 Å². The summed E-state index contributed by atoms with van der Waals surface area (Å²) in [6, 6.07) is 12.5. The summed E-state index contributed by atoms with van der Waals surface area (Å²) >= 11 is 1.58. The Balaban J connectivity index is 1.67.